The molecule has 1 atom stereocenters. The average molecular weight is 286 g/mol. The Kier molecular flexibility index (Phi) is 5.46. The summed E-state index contributed by atoms with van der Waals surface area (Å²) in [5.41, 5.74) is 7.49. The molecule has 3 nitrogen and oxygen atoms in total. The lowest BCUT2D eigenvalue weighted by Crippen LogP contribution is -2.42. The monoisotopic (exact) mass is 286 g/mol. The summed E-state index contributed by atoms with van der Waals surface area (Å²) in [5, 5.41) is 2.75. The fraction of sp³-hybridized carbons (Fsp3) is 0.235. The second-order valence-electron chi connectivity index (χ2n) is 4.93. The molecule has 1 amide bonds. The molecule has 0 aliphatic rings. The lowest BCUT2D eigenvalue weighted by molar-refractivity contribution is -0.122. The number of amides is 1. The van der Waals surface area contributed by atoms with Crippen LogP contribution >= 0.6 is 0 Å². The van der Waals surface area contributed by atoms with E-state index in [-0.39, 0.29) is 11.7 Å². The molecule has 2 aromatic carbocycles. The number of hydrogen-bond acceptors (Lipinski definition) is 2. The van der Waals surface area contributed by atoms with Crippen molar-refractivity contribution in [3.05, 3.63) is 71.5 Å². The molecule has 0 radical (unpaired) electrons. The molecule has 0 unspecified atom stereocenters. The van der Waals surface area contributed by atoms with E-state index in [2.05, 4.69) is 5.32 Å². The molecule has 0 fully saturated rings. The van der Waals surface area contributed by atoms with Crippen LogP contribution in [0.5, 0.6) is 0 Å². The maximum atomic E-state index is 13.4. The van der Waals surface area contributed by atoms with E-state index in [1.54, 1.807) is 18.2 Å². The molecular formula is C17H19FN2O. The first kappa shape index (κ1) is 15.2. The summed E-state index contributed by atoms with van der Waals surface area (Å²) in [6, 6.07) is 15.6. The molecule has 0 saturated carbocycles. The van der Waals surface area contributed by atoms with Gasteiger partial charge in [0.25, 0.3) is 0 Å². The van der Waals surface area contributed by atoms with Crippen molar-refractivity contribution in [2.45, 2.75) is 18.9 Å². The Bertz CT molecular complexity index is 586. The Morgan fingerprint density at radius 1 is 1.10 bits per heavy atom. The summed E-state index contributed by atoms with van der Waals surface area (Å²) in [5.74, 6) is -0.462. The summed E-state index contributed by atoms with van der Waals surface area (Å²) < 4.78 is 13.4. The minimum absolute atomic E-state index is 0.213. The third-order valence-electron chi connectivity index (χ3n) is 3.29. The summed E-state index contributed by atoms with van der Waals surface area (Å²) in [6.45, 7) is 0.377. The van der Waals surface area contributed by atoms with Crippen LogP contribution in [-0.2, 0) is 17.6 Å². The largest absolute Gasteiger partial charge is 0.354 e. The average Bonchev–Trinajstić information content (AvgIpc) is 2.50. The van der Waals surface area contributed by atoms with E-state index in [1.807, 2.05) is 30.3 Å². The molecule has 110 valence electrons. The van der Waals surface area contributed by atoms with Crippen molar-refractivity contribution in [3.63, 3.8) is 0 Å². The summed E-state index contributed by atoms with van der Waals surface area (Å²) >= 11 is 0. The Hall–Kier alpha value is -2.20. The van der Waals surface area contributed by atoms with Gasteiger partial charge in [0.1, 0.15) is 5.82 Å². The van der Waals surface area contributed by atoms with Gasteiger partial charge in [0.15, 0.2) is 0 Å². The van der Waals surface area contributed by atoms with Gasteiger partial charge in [-0.05, 0) is 30.0 Å². The predicted octanol–water partition coefficient (Wildman–Crippen LogP) is 2.05. The highest BCUT2D eigenvalue weighted by atomic mass is 19.1. The van der Waals surface area contributed by atoms with Crippen molar-refractivity contribution in [2.24, 2.45) is 5.73 Å². The summed E-state index contributed by atoms with van der Waals surface area (Å²) in [4.78, 5) is 11.9. The Labute approximate surface area is 124 Å². The number of nitrogens with one attached hydrogen (secondary N) is 1. The molecule has 2 rings (SSSR count). The molecule has 2 aromatic rings. The maximum Gasteiger partial charge on any atom is 0.237 e. The standard InChI is InChI=1S/C17H19FN2O/c18-15-9-5-4-8-14(15)10-11-20-17(21)16(19)12-13-6-2-1-3-7-13/h1-9,16H,10-12,19H2,(H,20,21)/t16-/m0/s1. The van der Waals surface area contributed by atoms with Crippen molar-refractivity contribution < 1.29 is 9.18 Å². The maximum absolute atomic E-state index is 13.4. The number of carbonyl (C=O) groups is 1. The van der Waals surface area contributed by atoms with Crippen LogP contribution in [0.3, 0.4) is 0 Å². The van der Waals surface area contributed by atoms with Crippen LogP contribution in [0.4, 0.5) is 4.39 Å². The number of rotatable bonds is 6. The van der Waals surface area contributed by atoms with E-state index in [1.165, 1.54) is 6.07 Å². The molecule has 4 heteroatoms. The van der Waals surface area contributed by atoms with Crippen molar-refractivity contribution in [1.82, 2.24) is 5.32 Å². The van der Waals surface area contributed by atoms with Crippen LogP contribution < -0.4 is 11.1 Å². The Morgan fingerprint density at radius 3 is 2.48 bits per heavy atom. The molecule has 0 aromatic heterocycles. The van der Waals surface area contributed by atoms with Gasteiger partial charge in [-0.3, -0.25) is 4.79 Å². The third-order valence-corrected chi connectivity index (χ3v) is 3.29. The van der Waals surface area contributed by atoms with Gasteiger partial charge in [-0.2, -0.15) is 0 Å². The molecule has 0 aliphatic heterocycles. The molecule has 21 heavy (non-hydrogen) atoms. The van der Waals surface area contributed by atoms with Crippen molar-refractivity contribution in [2.75, 3.05) is 6.54 Å². The number of nitrogens with two attached hydrogens (primary N) is 1. The zero-order valence-electron chi connectivity index (χ0n) is 11.8. The molecule has 0 spiro atoms. The normalized spacial score (nSPS) is 11.9. The zero-order chi connectivity index (χ0) is 15.1. The quantitative estimate of drug-likeness (QED) is 0.854. The van der Waals surface area contributed by atoms with Crippen molar-refractivity contribution in [1.29, 1.82) is 0 Å². The SMILES string of the molecule is N[C@@H](Cc1ccccc1)C(=O)NCCc1ccccc1F. The van der Waals surface area contributed by atoms with Crippen LogP contribution in [0.15, 0.2) is 54.6 Å². The number of carbonyl (C=O) groups excluding carboxylic acids is 1. The van der Waals surface area contributed by atoms with Gasteiger partial charge < -0.3 is 11.1 Å². The van der Waals surface area contributed by atoms with E-state index in [9.17, 15) is 9.18 Å². The second kappa shape index (κ2) is 7.55. The fourth-order valence-electron chi connectivity index (χ4n) is 2.11. The van der Waals surface area contributed by atoms with Crippen LogP contribution in [-0.4, -0.2) is 18.5 Å². The minimum Gasteiger partial charge on any atom is -0.354 e. The summed E-state index contributed by atoms with van der Waals surface area (Å²) in [7, 11) is 0. The van der Waals surface area contributed by atoms with Crippen molar-refractivity contribution in [3.8, 4) is 0 Å². The smallest absolute Gasteiger partial charge is 0.237 e. The van der Waals surface area contributed by atoms with E-state index < -0.39 is 6.04 Å². The van der Waals surface area contributed by atoms with Gasteiger partial charge in [0, 0.05) is 6.54 Å². The first-order valence-corrected chi connectivity index (χ1v) is 6.97. The molecule has 0 bridgehead atoms. The summed E-state index contributed by atoms with van der Waals surface area (Å²) in [6.07, 6.45) is 0.947. The minimum atomic E-state index is -0.590. The van der Waals surface area contributed by atoms with Gasteiger partial charge >= 0.3 is 0 Å². The van der Waals surface area contributed by atoms with Gasteiger partial charge in [-0.1, -0.05) is 48.5 Å². The predicted molar refractivity (Wildman–Crippen MR) is 81.2 cm³/mol. The highest BCUT2D eigenvalue weighted by molar-refractivity contribution is 5.81. The number of hydrogen-bond donors (Lipinski definition) is 2. The van der Waals surface area contributed by atoms with Crippen molar-refractivity contribution >= 4 is 5.91 Å². The van der Waals surface area contributed by atoms with E-state index in [0.717, 1.165) is 5.56 Å². The first-order valence-electron chi connectivity index (χ1n) is 6.97. The van der Waals surface area contributed by atoms with Crippen LogP contribution in [0, 0.1) is 5.82 Å². The zero-order valence-corrected chi connectivity index (χ0v) is 11.8. The van der Waals surface area contributed by atoms with Crippen LogP contribution in [0.2, 0.25) is 0 Å². The van der Waals surface area contributed by atoms with E-state index >= 15 is 0 Å². The van der Waals surface area contributed by atoms with Crippen LogP contribution in [0.25, 0.3) is 0 Å². The van der Waals surface area contributed by atoms with Gasteiger partial charge in [0.05, 0.1) is 6.04 Å². The van der Waals surface area contributed by atoms with Crippen LogP contribution in [0.1, 0.15) is 11.1 Å². The highest BCUT2D eigenvalue weighted by Crippen LogP contribution is 2.06. The van der Waals surface area contributed by atoms with E-state index in [4.69, 9.17) is 5.73 Å². The fourth-order valence-corrected chi connectivity index (χ4v) is 2.11. The van der Waals surface area contributed by atoms with E-state index in [0.29, 0.717) is 24.9 Å². The lowest BCUT2D eigenvalue weighted by Gasteiger charge is -2.12. The van der Waals surface area contributed by atoms with Gasteiger partial charge in [0.2, 0.25) is 5.91 Å². The topological polar surface area (TPSA) is 55.1 Å². The second-order valence-corrected chi connectivity index (χ2v) is 4.93. The molecule has 0 heterocycles. The molecule has 3 N–H and O–H groups in total. The number of halogens is 1. The molecular weight excluding hydrogens is 267 g/mol. The third kappa shape index (κ3) is 4.68. The molecule has 0 saturated heterocycles. The number of benzene rings is 2. The molecule has 0 aliphatic carbocycles. The highest BCUT2D eigenvalue weighted by Gasteiger charge is 2.13. The Balaban J connectivity index is 1.78. The lowest BCUT2D eigenvalue weighted by atomic mass is 10.1. The van der Waals surface area contributed by atoms with Gasteiger partial charge in [-0.25, -0.2) is 4.39 Å². The van der Waals surface area contributed by atoms with Gasteiger partial charge in [-0.15, -0.1) is 0 Å². The first-order chi connectivity index (χ1) is 10.2. The Morgan fingerprint density at radius 2 is 1.76 bits per heavy atom.